The van der Waals surface area contributed by atoms with Crippen LogP contribution in [0.4, 0.5) is 0 Å². The minimum absolute atomic E-state index is 0. The maximum atomic E-state index is 6.00. The molecule has 0 aromatic heterocycles. The summed E-state index contributed by atoms with van der Waals surface area (Å²) in [6.07, 6.45) is 0.916. The maximum Gasteiger partial charge on any atom is 0.0569 e. The van der Waals surface area contributed by atoms with Gasteiger partial charge in [0.2, 0.25) is 0 Å². The van der Waals surface area contributed by atoms with E-state index in [-0.39, 0.29) is 23.8 Å². The third-order valence-electron chi connectivity index (χ3n) is 2.22. The molecule has 1 nitrogen and oxygen atoms in total. The van der Waals surface area contributed by atoms with Gasteiger partial charge < -0.3 is 5.73 Å². The zero-order chi connectivity index (χ0) is 7.84. The monoisotopic (exact) mass is 203 g/mol. The number of fused-ring (bicyclic) bond motifs is 1. The number of hydrogen-bond acceptors (Lipinski definition) is 1. The Kier molecular flexibility index (Phi) is 2.99. The van der Waals surface area contributed by atoms with Gasteiger partial charge in [-0.1, -0.05) is 24.3 Å². The van der Waals surface area contributed by atoms with E-state index in [2.05, 4.69) is 12.1 Å². The summed E-state index contributed by atoms with van der Waals surface area (Å²) in [5.74, 6) is 0. The highest BCUT2D eigenvalue weighted by Gasteiger charge is 2.26. The first-order valence-corrected chi connectivity index (χ1v) is 4.20. The third-order valence-corrected chi connectivity index (χ3v) is 2.64. The number of nitrogens with two attached hydrogens (primary N) is 1. The highest BCUT2D eigenvalue weighted by atomic mass is 35.5. The SMILES string of the molecule is Cl.NC1c2ccccc2CC1Cl. The Morgan fingerprint density at radius 3 is 2.67 bits per heavy atom. The fourth-order valence-corrected chi connectivity index (χ4v) is 1.88. The molecular formula is C9H11Cl2N. The van der Waals surface area contributed by atoms with E-state index in [1.807, 2.05) is 12.1 Å². The van der Waals surface area contributed by atoms with Crippen LogP contribution in [0.5, 0.6) is 0 Å². The van der Waals surface area contributed by atoms with Crippen LogP contribution in [0.2, 0.25) is 0 Å². The average Bonchev–Trinajstić information content (AvgIpc) is 2.30. The maximum absolute atomic E-state index is 6.00. The average molecular weight is 204 g/mol. The van der Waals surface area contributed by atoms with Crippen LogP contribution in [-0.4, -0.2) is 5.38 Å². The summed E-state index contributed by atoms with van der Waals surface area (Å²) in [5.41, 5.74) is 8.38. The fraction of sp³-hybridized carbons (Fsp3) is 0.333. The second-order valence-corrected chi connectivity index (χ2v) is 3.51. The van der Waals surface area contributed by atoms with E-state index in [4.69, 9.17) is 17.3 Å². The van der Waals surface area contributed by atoms with Gasteiger partial charge in [-0.2, -0.15) is 0 Å². The van der Waals surface area contributed by atoms with E-state index in [1.165, 1.54) is 11.1 Å². The van der Waals surface area contributed by atoms with E-state index in [0.29, 0.717) is 0 Å². The minimum Gasteiger partial charge on any atom is -0.323 e. The molecule has 2 rings (SSSR count). The van der Waals surface area contributed by atoms with Gasteiger partial charge in [0.1, 0.15) is 0 Å². The van der Waals surface area contributed by atoms with E-state index in [9.17, 15) is 0 Å². The van der Waals surface area contributed by atoms with Gasteiger partial charge in [0.25, 0.3) is 0 Å². The summed E-state index contributed by atoms with van der Waals surface area (Å²) < 4.78 is 0. The lowest BCUT2D eigenvalue weighted by Crippen LogP contribution is -2.16. The lowest BCUT2D eigenvalue weighted by molar-refractivity contribution is 0.723. The normalized spacial score (nSPS) is 26.2. The Morgan fingerprint density at radius 2 is 2.00 bits per heavy atom. The van der Waals surface area contributed by atoms with E-state index in [1.54, 1.807) is 0 Å². The first-order chi connectivity index (χ1) is 5.29. The highest BCUT2D eigenvalue weighted by molar-refractivity contribution is 6.21. The van der Waals surface area contributed by atoms with Gasteiger partial charge in [0, 0.05) is 6.04 Å². The molecule has 66 valence electrons. The Labute approximate surface area is 83.3 Å². The van der Waals surface area contributed by atoms with Gasteiger partial charge in [-0.05, 0) is 17.5 Å². The van der Waals surface area contributed by atoms with Gasteiger partial charge >= 0.3 is 0 Å². The first-order valence-electron chi connectivity index (χ1n) is 3.76. The van der Waals surface area contributed by atoms with Crippen LogP contribution < -0.4 is 5.73 Å². The predicted molar refractivity (Wildman–Crippen MR) is 54.0 cm³/mol. The van der Waals surface area contributed by atoms with Crippen molar-refractivity contribution in [2.24, 2.45) is 5.73 Å². The van der Waals surface area contributed by atoms with Crippen molar-refractivity contribution in [2.45, 2.75) is 17.8 Å². The first kappa shape index (κ1) is 9.85. The fourth-order valence-electron chi connectivity index (χ4n) is 1.58. The molecule has 0 amide bonds. The number of rotatable bonds is 0. The number of benzene rings is 1. The molecule has 1 aliphatic rings. The molecule has 2 atom stereocenters. The summed E-state index contributed by atoms with van der Waals surface area (Å²) in [6.45, 7) is 0. The van der Waals surface area contributed by atoms with Gasteiger partial charge in [0.05, 0.1) is 5.38 Å². The van der Waals surface area contributed by atoms with Crippen molar-refractivity contribution in [1.82, 2.24) is 0 Å². The van der Waals surface area contributed by atoms with Crippen LogP contribution in [0.25, 0.3) is 0 Å². The summed E-state index contributed by atoms with van der Waals surface area (Å²) >= 11 is 6.00. The van der Waals surface area contributed by atoms with Crippen LogP contribution in [0.1, 0.15) is 17.2 Å². The molecule has 0 bridgehead atoms. The van der Waals surface area contributed by atoms with Crippen molar-refractivity contribution in [1.29, 1.82) is 0 Å². The lowest BCUT2D eigenvalue weighted by atomic mass is 10.1. The summed E-state index contributed by atoms with van der Waals surface area (Å²) in [5, 5.41) is 0.0902. The van der Waals surface area contributed by atoms with Crippen LogP contribution in [0.15, 0.2) is 24.3 Å². The van der Waals surface area contributed by atoms with Crippen molar-refractivity contribution >= 4 is 24.0 Å². The Morgan fingerprint density at radius 1 is 1.33 bits per heavy atom. The van der Waals surface area contributed by atoms with Crippen molar-refractivity contribution in [3.05, 3.63) is 35.4 Å². The standard InChI is InChI=1S/C9H10ClN.ClH/c10-8-5-6-3-1-2-4-7(6)9(8)11;/h1-4,8-9H,5,11H2;1H. The molecule has 12 heavy (non-hydrogen) atoms. The number of hydrogen-bond donors (Lipinski definition) is 1. The Balaban J connectivity index is 0.000000720. The van der Waals surface area contributed by atoms with Gasteiger partial charge in [-0.3, -0.25) is 0 Å². The molecule has 2 unspecified atom stereocenters. The van der Waals surface area contributed by atoms with E-state index >= 15 is 0 Å². The van der Waals surface area contributed by atoms with Crippen molar-refractivity contribution < 1.29 is 0 Å². The molecule has 1 aromatic rings. The third kappa shape index (κ3) is 1.45. The van der Waals surface area contributed by atoms with E-state index in [0.717, 1.165) is 6.42 Å². The van der Waals surface area contributed by atoms with Gasteiger partial charge in [-0.15, -0.1) is 24.0 Å². The smallest absolute Gasteiger partial charge is 0.0569 e. The molecule has 0 spiro atoms. The lowest BCUT2D eigenvalue weighted by Gasteiger charge is -2.06. The molecule has 0 heterocycles. The molecule has 2 N–H and O–H groups in total. The highest BCUT2D eigenvalue weighted by Crippen LogP contribution is 2.32. The Bertz CT molecular complexity index is 275. The zero-order valence-electron chi connectivity index (χ0n) is 6.53. The van der Waals surface area contributed by atoms with Crippen molar-refractivity contribution in [3.63, 3.8) is 0 Å². The second-order valence-electron chi connectivity index (χ2n) is 2.94. The van der Waals surface area contributed by atoms with Crippen LogP contribution >= 0.6 is 24.0 Å². The molecular weight excluding hydrogens is 193 g/mol. The molecule has 3 heteroatoms. The van der Waals surface area contributed by atoms with Crippen LogP contribution in [0, 0.1) is 0 Å². The number of halogens is 2. The molecule has 0 saturated heterocycles. The zero-order valence-corrected chi connectivity index (χ0v) is 8.11. The molecule has 0 fully saturated rings. The molecule has 0 saturated carbocycles. The predicted octanol–water partition coefficient (Wildman–Crippen LogP) is 2.27. The van der Waals surface area contributed by atoms with Gasteiger partial charge in [-0.25, -0.2) is 0 Å². The molecule has 1 aromatic carbocycles. The van der Waals surface area contributed by atoms with Crippen molar-refractivity contribution in [2.75, 3.05) is 0 Å². The van der Waals surface area contributed by atoms with Crippen molar-refractivity contribution in [3.8, 4) is 0 Å². The molecule has 0 radical (unpaired) electrons. The molecule has 1 aliphatic carbocycles. The summed E-state index contributed by atoms with van der Waals surface area (Å²) in [7, 11) is 0. The number of alkyl halides is 1. The minimum atomic E-state index is 0. The summed E-state index contributed by atoms with van der Waals surface area (Å²) in [6, 6.07) is 8.22. The topological polar surface area (TPSA) is 26.0 Å². The van der Waals surface area contributed by atoms with E-state index < -0.39 is 0 Å². The second kappa shape index (κ2) is 3.65. The van der Waals surface area contributed by atoms with Gasteiger partial charge in [0.15, 0.2) is 0 Å². The van der Waals surface area contributed by atoms with Crippen LogP contribution in [-0.2, 0) is 6.42 Å². The quantitative estimate of drug-likeness (QED) is 0.644. The Hall–Kier alpha value is -0.240. The van der Waals surface area contributed by atoms with Crippen LogP contribution in [0.3, 0.4) is 0 Å². The largest absolute Gasteiger partial charge is 0.323 e. The summed E-state index contributed by atoms with van der Waals surface area (Å²) in [4.78, 5) is 0. The molecule has 0 aliphatic heterocycles.